The second kappa shape index (κ2) is 14.9. The van der Waals surface area contributed by atoms with E-state index in [0.29, 0.717) is 0 Å². The first-order valence-corrected chi connectivity index (χ1v) is 18.5. The van der Waals surface area contributed by atoms with Crippen LogP contribution in [0.2, 0.25) is 0 Å². The van der Waals surface area contributed by atoms with E-state index in [-0.39, 0.29) is 0 Å². The highest BCUT2D eigenvalue weighted by Gasteiger charge is 2.07. The Hall–Kier alpha value is -7.02. The van der Waals surface area contributed by atoms with Gasteiger partial charge in [0.1, 0.15) is 0 Å². The summed E-state index contributed by atoms with van der Waals surface area (Å²) in [6, 6.07) is 83.7. The first kappa shape index (κ1) is 32.9. The van der Waals surface area contributed by atoms with E-state index in [1.54, 1.807) is 0 Å². The van der Waals surface area contributed by atoms with Gasteiger partial charge in [0.05, 0.1) is 0 Å². The molecule has 0 aliphatic heterocycles. The van der Waals surface area contributed by atoms with E-state index >= 15 is 0 Å². The fraction of sp³-hybridized carbons (Fsp3) is 0. The van der Waals surface area contributed by atoms with Crippen molar-refractivity contribution in [1.29, 1.82) is 0 Å². The van der Waals surface area contributed by atoms with Gasteiger partial charge in [-0.05, 0) is 95.1 Å². The van der Waals surface area contributed by atoms with Crippen molar-refractivity contribution < 1.29 is 0 Å². The Labute approximate surface area is 318 Å². The third kappa shape index (κ3) is 7.06. The van der Waals surface area contributed by atoms with Gasteiger partial charge in [-0.2, -0.15) is 0 Å². The second-order valence-electron chi connectivity index (χ2n) is 13.7. The fourth-order valence-electron chi connectivity index (χ4n) is 7.20. The minimum atomic E-state index is 1.21. The lowest BCUT2D eigenvalue weighted by Crippen LogP contribution is -1.84. The molecule has 0 bridgehead atoms. The molecule has 0 fully saturated rings. The third-order valence-corrected chi connectivity index (χ3v) is 10.4. The SMILES string of the molecule is [c]1ccc(-c2ccc(-c3ccc(-c4ccc(-c5ccc(-c6ccc(-c7ccc(-c8ccc(-c9ccccc9)cc8)cc7)cc6)cc5)cc4)cc3)cc2)cc1. The first-order valence-electron chi connectivity index (χ1n) is 18.5. The summed E-state index contributed by atoms with van der Waals surface area (Å²) in [7, 11) is 0. The average Bonchev–Trinajstić information content (AvgIpc) is 3.27. The molecule has 0 saturated heterocycles. The van der Waals surface area contributed by atoms with Crippen LogP contribution in [-0.4, -0.2) is 0 Å². The smallest absolute Gasteiger partial charge is 0.0184 e. The number of hydrogen-bond donors (Lipinski definition) is 0. The van der Waals surface area contributed by atoms with Crippen molar-refractivity contribution in [3.8, 4) is 89.0 Å². The van der Waals surface area contributed by atoms with Crippen LogP contribution in [0.4, 0.5) is 0 Å². The first-order chi connectivity index (χ1) is 26.7. The van der Waals surface area contributed by atoms with Crippen molar-refractivity contribution in [1.82, 2.24) is 0 Å². The van der Waals surface area contributed by atoms with Crippen LogP contribution in [0.15, 0.2) is 224 Å². The highest BCUT2D eigenvalue weighted by atomic mass is 14.1. The van der Waals surface area contributed by atoms with Gasteiger partial charge in [0, 0.05) is 0 Å². The summed E-state index contributed by atoms with van der Waals surface area (Å²) < 4.78 is 0. The molecule has 1 radical (unpaired) electrons. The summed E-state index contributed by atoms with van der Waals surface area (Å²) >= 11 is 0. The van der Waals surface area contributed by atoms with E-state index < -0.39 is 0 Å². The maximum atomic E-state index is 3.09. The topological polar surface area (TPSA) is 0 Å². The van der Waals surface area contributed by atoms with Crippen LogP contribution < -0.4 is 0 Å². The van der Waals surface area contributed by atoms with Gasteiger partial charge in [-0.25, -0.2) is 0 Å². The van der Waals surface area contributed by atoms with E-state index in [4.69, 9.17) is 0 Å². The quantitative estimate of drug-likeness (QED) is 0.149. The van der Waals surface area contributed by atoms with E-state index in [1.807, 2.05) is 12.1 Å². The van der Waals surface area contributed by atoms with E-state index in [2.05, 4.69) is 218 Å². The molecule has 0 N–H and O–H groups in total. The third-order valence-electron chi connectivity index (χ3n) is 10.4. The standard InChI is InChI=1S/C54H37/c1-3-7-39(8-4-1)41-11-15-43(16-12-41)45-19-23-47(24-20-45)49-27-31-51(32-28-49)53-35-37-54(38-36-53)52-33-29-50(30-34-52)48-25-21-46(22-26-48)44-17-13-42(14-18-44)40-9-5-2-6-10-40/h1,3-38H. The molecule has 0 aliphatic rings. The predicted molar refractivity (Wildman–Crippen MR) is 229 cm³/mol. The van der Waals surface area contributed by atoms with Crippen LogP contribution >= 0.6 is 0 Å². The Morgan fingerprint density at radius 1 is 0.148 bits per heavy atom. The van der Waals surface area contributed by atoms with Crippen LogP contribution in [0.25, 0.3) is 89.0 Å². The molecule has 0 heteroatoms. The van der Waals surface area contributed by atoms with Crippen LogP contribution in [0.5, 0.6) is 0 Å². The van der Waals surface area contributed by atoms with Gasteiger partial charge in [0.15, 0.2) is 0 Å². The molecular formula is C54H37. The Kier molecular flexibility index (Phi) is 9.07. The lowest BCUT2D eigenvalue weighted by molar-refractivity contribution is 1.56. The summed E-state index contributed by atoms with van der Waals surface area (Å²) in [6.07, 6.45) is 0. The number of benzene rings is 9. The van der Waals surface area contributed by atoms with Crippen molar-refractivity contribution in [2.45, 2.75) is 0 Å². The van der Waals surface area contributed by atoms with Crippen molar-refractivity contribution in [2.75, 3.05) is 0 Å². The number of rotatable bonds is 8. The van der Waals surface area contributed by atoms with Gasteiger partial charge >= 0.3 is 0 Å². The van der Waals surface area contributed by atoms with Crippen molar-refractivity contribution in [3.05, 3.63) is 231 Å². The molecule has 0 heterocycles. The fourth-order valence-corrected chi connectivity index (χ4v) is 7.20. The largest absolute Gasteiger partial charge is 0.0622 e. The molecule has 0 spiro atoms. The lowest BCUT2D eigenvalue weighted by Gasteiger charge is -2.09. The zero-order valence-corrected chi connectivity index (χ0v) is 29.9. The Morgan fingerprint density at radius 3 is 0.481 bits per heavy atom. The summed E-state index contributed by atoms with van der Waals surface area (Å²) in [6.45, 7) is 0. The zero-order chi connectivity index (χ0) is 36.1. The highest BCUT2D eigenvalue weighted by Crippen LogP contribution is 2.32. The summed E-state index contributed by atoms with van der Waals surface area (Å²) in [5, 5.41) is 0. The summed E-state index contributed by atoms with van der Waals surface area (Å²) in [4.78, 5) is 0. The van der Waals surface area contributed by atoms with Crippen LogP contribution in [0.3, 0.4) is 0 Å². The Morgan fingerprint density at radius 2 is 0.296 bits per heavy atom. The van der Waals surface area contributed by atoms with Gasteiger partial charge in [-0.15, -0.1) is 0 Å². The monoisotopic (exact) mass is 685 g/mol. The molecule has 0 atom stereocenters. The van der Waals surface area contributed by atoms with E-state index in [0.717, 1.165) is 0 Å². The van der Waals surface area contributed by atoms with Crippen molar-refractivity contribution >= 4 is 0 Å². The van der Waals surface area contributed by atoms with Crippen LogP contribution in [0, 0.1) is 6.07 Å². The minimum absolute atomic E-state index is 1.21. The summed E-state index contributed by atoms with van der Waals surface area (Å²) in [5.74, 6) is 0. The molecule has 9 aromatic rings. The maximum absolute atomic E-state index is 3.09. The van der Waals surface area contributed by atoms with Gasteiger partial charge in [-0.1, -0.05) is 224 Å². The van der Waals surface area contributed by atoms with Gasteiger partial charge in [0.25, 0.3) is 0 Å². The molecule has 0 aromatic heterocycles. The van der Waals surface area contributed by atoms with Crippen LogP contribution in [0.1, 0.15) is 0 Å². The van der Waals surface area contributed by atoms with Crippen molar-refractivity contribution in [2.24, 2.45) is 0 Å². The lowest BCUT2D eigenvalue weighted by atomic mass is 9.95. The van der Waals surface area contributed by atoms with Crippen LogP contribution in [-0.2, 0) is 0 Å². The Balaban J connectivity index is 0.832. The zero-order valence-electron chi connectivity index (χ0n) is 29.9. The Bertz CT molecular complexity index is 2390. The molecule has 0 unspecified atom stereocenters. The van der Waals surface area contributed by atoms with Gasteiger partial charge in [-0.3, -0.25) is 0 Å². The molecule has 0 amide bonds. The van der Waals surface area contributed by atoms with Gasteiger partial charge < -0.3 is 0 Å². The molecule has 9 aromatic carbocycles. The highest BCUT2D eigenvalue weighted by molar-refractivity contribution is 5.78. The predicted octanol–water partition coefficient (Wildman–Crippen LogP) is 14.8. The van der Waals surface area contributed by atoms with Crippen molar-refractivity contribution in [3.63, 3.8) is 0 Å². The second-order valence-corrected chi connectivity index (χ2v) is 13.7. The van der Waals surface area contributed by atoms with E-state index in [1.165, 1.54) is 89.0 Å². The average molecular weight is 686 g/mol. The number of hydrogen-bond acceptors (Lipinski definition) is 0. The molecule has 0 nitrogen and oxygen atoms in total. The molecule has 0 aliphatic carbocycles. The molecule has 9 rings (SSSR count). The molecule has 0 saturated carbocycles. The molecule has 54 heavy (non-hydrogen) atoms. The van der Waals surface area contributed by atoms with E-state index in [9.17, 15) is 0 Å². The maximum Gasteiger partial charge on any atom is -0.0184 e. The van der Waals surface area contributed by atoms with Gasteiger partial charge in [0.2, 0.25) is 0 Å². The molecule has 253 valence electrons. The minimum Gasteiger partial charge on any atom is -0.0622 e. The summed E-state index contributed by atoms with van der Waals surface area (Å²) in [5.41, 5.74) is 19.5. The normalized spacial score (nSPS) is 11.0. The molecular weight excluding hydrogens is 649 g/mol.